The minimum atomic E-state index is -0.182. The first kappa shape index (κ1) is 20.9. The third-order valence-electron chi connectivity index (χ3n) is 4.82. The summed E-state index contributed by atoms with van der Waals surface area (Å²) in [6.45, 7) is 4.33. The van der Waals surface area contributed by atoms with Gasteiger partial charge in [-0.1, -0.05) is 28.1 Å². The SMILES string of the molecule is COc1cc(C(=O)NC(C)c2cnn(C)c2C)ccc1OCc1ccc(Br)cc1. The fraction of sp³-hybridized carbons (Fsp3) is 0.273. The molecule has 7 heteroatoms. The summed E-state index contributed by atoms with van der Waals surface area (Å²) >= 11 is 3.42. The van der Waals surface area contributed by atoms with Crippen molar-refractivity contribution < 1.29 is 14.3 Å². The Kier molecular flexibility index (Phi) is 6.59. The Hall–Kier alpha value is -2.80. The van der Waals surface area contributed by atoms with Gasteiger partial charge in [0.25, 0.3) is 5.91 Å². The van der Waals surface area contributed by atoms with Crippen molar-refractivity contribution in [2.24, 2.45) is 7.05 Å². The third-order valence-corrected chi connectivity index (χ3v) is 5.35. The van der Waals surface area contributed by atoms with Crippen LogP contribution in [0.2, 0.25) is 0 Å². The molecule has 0 aliphatic heterocycles. The average molecular weight is 458 g/mol. The van der Waals surface area contributed by atoms with Crippen molar-refractivity contribution in [1.29, 1.82) is 0 Å². The highest BCUT2D eigenvalue weighted by Gasteiger charge is 2.17. The Morgan fingerprint density at radius 2 is 1.93 bits per heavy atom. The van der Waals surface area contributed by atoms with Gasteiger partial charge in [-0.25, -0.2) is 0 Å². The topological polar surface area (TPSA) is 65.4 Å². The lowest BCUT2D eigenvalue weighted by Gasteiger charge is -2.15. The number of methoxy groups -OCH3 is 1. The van der Waals surface area contributed by atoms with Crippen molar-refractivity contribution in [2.45, 2.75) is 26.5 Å². The predicted molar refractivity (Wildman–Crippen MR) is 115 cm³/mol. The third kappa shape index (κ3) is 4.98. The molecule has 29 heavy (non-hydrogen) atoms. The van der Waals surface area contributed by atoms with Gasteiger partial charge in [0, 0.05) is 28.3 Å². The first-order chi connectivity index (χ1) is 13.9. The lowest BCUT2D eigenvalue weighted by molar-refractivity contribution is 0.0939. The number of benzene rings is 2. The van der Waals surface area contributed by atoms with Gasteiger partial charge >= 0.3 is 0 Å². The van der Waals surface area contributed by atoms with Crippen LogP contribution in [0.5, 0.6) is 11.5 Å². The fourth-order valence-corrected chi connectivity index (χ4v) is 3.23. The van der Waals surface area contributed by atoms with E-state index < -0.39 is 0 Å². The second-order valence-electron chi connectivity index (χ2n) is 6.78. The van der Waals surface area contributed by atoms with Crippen LogP contribution in [0.4, 0.5) is 0 Å². The number of ether oxygens (including phenoxy) is 2. The molecule has 1 heterocycles. The molecule has 0 spiro atoms. The minimum absolute atomic E-state index is 0.157. The Labute approximate surface area is 179 Å². The highest BCUT2D eigenvalue weighted by molar-refractivity contribution is 9.10. The molecule has 0 radical (unpaired) electrons. The van der Waals surface area contributed by atoms with E-state index >= 15 is 0 Å². The molecule has 0 aliphatic rings. The van der Waals surface area contributed by atoms with Crippen molar-refractivity contribution in [3.63, 3.8) is 0 Å². The maximum absolute atomic E-state index is 12.7. The molecule has 1 aromatic heterocycles. The van der Waals surface area contributed by atoms with Crippen molar-refractivity contribution in [1.82, 2.24) is 15.1 Å². The zero-order valence-electron chi connectivity index (χ0n) is 16.9. The van der Waals surface area contributed by atoms with Crippen molar-refractivity contribution in [3.8, 4) is 11.5 Å². The van der Waals surface area contributed by atoms with Crippen LogP contribution in [0.3, 0.4) is 0 Å². The van der Waals surface area contributed by atoms with Crippen molar-refractivity contribution in [2.75, 3.05) is 7.11 Å². The number of rotatable bonds is 7. The molecule has 1 unspecified atom stereocenters. The summed E-state index contributed by atoms with van der Waals surface area (Å²) < 4.78 is 14.1. The van der Waals surface area contributed by atoms with Gasteiger partial charge < -0.3 is 14.8 Å². The molecule has 0 aliphatic carbocycles. The Balaban J connectivity index is 1.69. The van der Waals surface area contributed by atoms with Gasteiger partial charge in [0.1, 0.15) is 6.61 Å². The number of hydrogen-bond donors (Lipinski definition) is 1. The number of carbonyl (C=O) groups is 1. The molecule has 0 saturated heterocycles. The number of halogens is 1. The summed E-state index contributed by atoms with van der Waals surface area (Å²) in [6.07, 6.45) is 1.78. The van der Waals surface area contributed by atoms with E-state index in [0.29, 0.717) is 23.7 Å². The van der Waals surface area contributed by atoms with Gasteiger partial charge in [-0.15, -0.1) is 0 Å². The van der Waals surface area contributed by atoms with Crippen molar-refractivity contribution in [3.05, 3.63) is 75.5 Å². The zero-order valence-corrected chi connectivity index (χ0v) is 18.5. The molecule has 3 rings (SSSR count). The summed E-state index contributed by atoms with van der Waals surface area (Å²) in [5, 5.41) is 7.24. The van der Waals surface area contributed by atoms with E-state index in [9.17, 15) is 4.79 Å². The molecular weight excluding hydrogens is 434 g/mol. The van der Waals surface area contributed by atoms with Crippen LogP contribution in [-0.2, 0) is 13.7 Å². The van der Waals surface area contributed by atoms with Crippen LogP contribution >= 0.6 is 15.9 Å². The first-order valence-electron chi connectivity index (χ1n) is 9.23. The van der Waals surface area contributed by atoms with Crippen molar-refractivity contribution >= 4 is 21.8 Å². The van der Waals surface area contributed by atoms with E-state index in [1.54, 1.807) is 36.2 Å². The van der Waals surface area contributed by atoms with Crippen LogP contribution in [0.15, 0.2) is 53.1 Å². The predicted octanol–water partition coefficient (Wildman–Crippen LogP) is 4.57. The number of nitrogens with zero attached hydrogens (tertiary/aromatic N) is 2. The molecule has 0 bridgehead atoms. The number of hydrogen-bond acceptors (Lipinski definition) is 4. The Morgan fingerprint density at radius 1 is 1.21 bits per heavy atom. The summed E-state index contributed by atoms with van der Waals surface area (Å²) in [5.74, 6) is 0.918. The molecule has 1 atom stereocenters. The Bertz CT molecular complexity index is 999. The van der Waals surface area contributed by atoms with E-state index in [2.05, 4.69) is 26.3 Å². The summed E-state index contributed by atoms with van der Waals surface area (Å²) in [4.78, 5) is 12.7. The van der Waals surface area contributed by atoms with Crippen LogP contribution in [0, 0.1) is 6.92 Å². The maximum Gasteiger partial charge on any atom is 0.251 e. The highest BCUT2D eigenvalue weighted by atomic mass is 79.9. The van der Waals surface area contributed by atoms with E-state index in [-0.39, 0.29) is 11.9 Å². The monoisotopic (exact) mass is 457 g/mol. The molecule has 6 nitrogen and oxygen atoms in total. The molecule has 0 fully saturated rings. The summed E-state index contributed by atoms with van der Waals surface area (Å²) in [5.41, 5.74) is 3.55. The summed E-state index contributed by atoms with van der Waals surface area (Å²) in [7, 11) is 3.44. The number of aromatic nitrogens is 2. The molecule has 2 aromatic carbocycles. The smallest absolute Gasteiger partial charge is 0.251 e. The van der Waals surface area contributed by atoms with Gasteiger partial charge in [-0.2, -0.15) is 5.10 Å². The average Bonchev–Trinajstić information content (AvgIpc) is 3.06. The second kappa shape index (κ2) is 9.13. The number of amides is 1. The molecule has 3 aromatic rings. The lowest BCUT2D eigenvalue weighted by Crippen LogP contribution is -2.27. The second-order valence-corrected chi connectivity index (χ2v) is 7.70. The number of carbonyl (C=O) groups excluding carboxylic acids is 1. The zero-order chi connectivity index (χ0) is 21.0. The molecule has 1 amide bonds. The highest BCUT2D eigenvalue weighted by Crippen LogP contribution is 2.29. The van der Waals surface area contributed by atoms with Gasteiger partial charge in [0.15, 0.2) is 11.5 Å². The molecule has 0 saturated carbocycles. The van der Waals surface area contributed by atoms with Crippen LogP contribution in [0.25, 0.3) is 0 Å². The van der Waals surface area contributed by atoms with E-state index in [1.807, 2.05) is 45.2 Å². The molecule has 1 N–H and O–H groups in total. The molecular formula is C22H24BrN3O3. The van der Waals surface area contributed by atoms with Gasteiger partial charge in [-0.3, -0.25) is 9.48 Å². The largest absolute Gasteiger partial charge is 0.493 e. The van der Waals surface area contributed by atoms with Gasteiger partial charge in [0.2, 0.25) is 0 Å². The van der Waals surface area contributed by atoms with E-state index in [0.717, 1.165) is 21.3 Å². The van der Waals surface area contributed by atoms with Crippen LogP contribution in [0.1, 0.15) is 40.1 Å². The standard InChI is InChI=1S/C22H24BrN3O3/c1-14(19-12-24-26(3)15(19)2)25-22(27)17-7-10-20(21(11-17)28-4)29-13-16-5-8-18(23)9-6-16/h5-12,14H,13H2,1-4H3,(H,25,27). The molecule has 152 valence electrons. The lowest BCUT2D eigenvalue weighted by atomic mass is 10.1. The van der Waals surface area contributed by atoms with E-state index in [1.165, 1.54) is 0 Å². The fourth-order valence-electron chi connectivity index (χ4n) is 2.97. The summed E-state index contributed by atoms with van der Waals surface area (Å²) in [6, 6.07) is 12.9. The van der Waals surface area contributed by atoms with Gasteiger partial charge in [0.05, 0.1) is 19.3 Å². The Morgan fingerprint density at radius 3 is 2.55 bits per heavy atom. The number of nitrogens with one attached hydrogen (secondary N) is 1. The van der Waals surface area contributed by atoms with E-state index in [4.69, 9.17) is 9.47 Å². The quantitative estimate of drug-likeness (QED) is 0.564. The minimum Gasteiger partial charge on any atom is -0.493 e. The van der Waals surface area contributed by atoms with Crippen LogP contribution < -0.4 is 14.8 Å². The number of aryl methyl sites for hydroxylation is 1. The normalized spacial score (nSPS) is 11.8. The van der Waals surface area contributed by atoms with Gasteiger partial charge in [-0.05, 0) is 49.7 Å². The van der Waals surface area contributed by atoms with Crippen LogP contribution in [-0.4, -0.2) is 22.8 Å². The first-order valence-corrected chi connectivity index (χ1v) is 10.0. The maximum atomic E-state index is 12.7.